The van der Waals surface area contributed by atoms with E-state index in [1.807, 2.05) is 6.92 Å². The molecule has 0 saturated carbocycles. The minimum Gasteiger partial charge on any atom is -0.322 e. The second-order valence-corrected chi connectivity index (χ2v) is 8.51. The zero-order chi connectivity index (χ0) is 18.7. The van der Waals surface area contributed by atoms with Gasteiger partial charge in [-0.2, -0.15) is 4.31 Å². The number of halogens is 1. The molecule has 1 atom stereocenters. The standard InChI is InChI=1S/C19H21FN2O3S/c1-14-5-4-12-22(13-14)26(24,25)16-10-8-15(9-11-16)21-19(23)17-6-2-3-7-18(17)20/h2-3,6-11,14H,4-5,12-13H2,1H3,(H,21,23)/t14-/m0/s1. The number of nitrogens with zero attached hydrogens (tertiary/aromatic N) is 1. The average molecular weight is 376 g/mol. The van der Waals surface area contributed by atoms with E-state index < -0.39 is 21.7 Å². The van der Waals surface area contributed by atoms with Crippen LogP contribution in [-0.4, -0.2) is 31.7 Å². The van der Waals surface area contributed by atoms with Crippen LogP contribution in [0.15, 0.2) is 53.4 Å². The Morgan fingerprint density at radius 1 is 1.15 bits per heavy atom. The van der Waals surface area contributed by atoms with Crippen LogP contribution in [0.5, 0.6) is 0 Å². The first-order valence-electron chi connectivity index (χ1n) is 8.54. The van der Waals surface area contributed by atoms with E-state index in [1.165, 1.54) is 46.8 Å². The molecule has 26 heavy (non-hydrogen) atoms. The summed E-state index contributed by atoms with van der Waals surface area (Å²) in [5, 5.41) is 2.58. The molecule has 0 radical (unpaired) electrons. The first kappa shape index (κ1) is 18.5. The number of hydrogen-bond donors (Lipinski definition) is 1. The molecule has 5 nitrogen and oxygen atoms in total. The number of nitrogens with one attached hydrogen (secondary N) is 1. The van der Waals surface area contributed by atoms with Crippen LogP contribution in [0.3, 0.4) is 0 Å². The Bertz CT molecular complexity index is 897. The highest BCUT2D eigenvalue weighted by Gasteiger charge is 2.28. The fourth-order valence-corrected chi connectivity index (χ4v) is 4.67. The SMILES string of the molecule is C[C@H]1CCCN(S(=O)(=O)c2ccc(NC(=O)c3ccccc3F)cc2)C1. The van der Waals surface area contributed by atoms with E-state index in [2.05, 4.69) is 5.32 Å². The van der Waals surface area contributed by atoms with Crippen molar-refractivity contribution < 1.29 is 17.6 Å². The second kappa shape index (κ2) is 7.55. The van der Waals surface area contributed by atoms with E-state index in [4.69, 9.17) is 0 Å². The molecule has 138 valence electrons. The summed E-state index contributed by atoms with van der Waals surface area (Å²) in [7, 11) is -3.54. The van der Waals surface area contributed by atoms with Crippen molar-refractivity contribution in [1.82, 2.24) is 4.31 Å². The molecular formula is C19H21FN2O3S. The van der Waals surface area contributed by atoms with E-state index in [1.54, 1.807) is 6.07 Å². The summed E-state index contributed by atoms with van der Waals surface area (Å²) in [5.41, 5.74) is 0.343. The lowest BCUT2D eigenvalue weighted by Crippen LogP contribution is -2.39. The molecular weight excluding hydrogens is 355 g/mol. The van der Waals surface area contributed by atoms with Crippen LogP contribution >= 0.6 is 0 Å². The van der Waals surface area contributed by atoms with Gasteiger partial charge in [-0.1, -0.05) is 19.1 Å². The highest BCUT2D eigenvalue weighted by atomic mass is 32.2. The van der Waals surface area contributed by atoms with Crippen molar-refractivity contribution in [1.29, 1.82) is 0 Å². The van der Waals surface area contributed by atoms with Crippen LogP contribution in [0.25, 0.3) is 0 Å². The summed E-state index contributed by atoms with van der Waals surface area (Å²) in [6, 6.07) is 11.6. The van der Waals surface area contributed by atoms with Gasteiger partial charge < -0.3 is 5.32 Å². The Morgan fingerprint density at radius 2 is 1.85 bits per heavy atom. The van der Waals surface area contributed by atoms with E-state index in [0.717, 1.165) is 12.8 Å². The fourth-order valence-electron chi connectivity index (χ4n) is 3.07. The molecule has 0 bridgehead atoms. The monoisotopic (exact) mass is 376 g/mol. The Kier molecular flexibility index (Phi) is 5.38. The molecule has 2 aromatic carbocycles. The summed E-state index contributed by atoms with van der Waals surface area (Å²) in [6.07, 6.45) is 1.89. The lowest BCUT2D eigenvalue weighted by atomic mass is 10.0. The summed E-state index contributed by atoms with van der Waals surface area (Å²) in [6.45, 7) is 3.09. The van der Waals surface area contributed by atoms with Gasteiger partial charge in [0, 0.05) is 18.8 Å². The normalized spacial score (nSPS) is 18.5. The molecule has 1 N–H and O–H groups in total. The van der Waals surface area contributed by atoms with Gasteiger partial charge in [-0.05, 0) is 55.2 Å². The summed E-state index contributed by atoms with van der Waals surface area (Å²) in [4.78, 5) is 12.3. The third-order valence-corrected chi connectivity index (χ3v) is 6.37. The molecule has 1 aliphatic heterocycles. The van der Waals surface area contributed by atoms with Gasteiger partial charge in [0.15, 0.2) is 0 Å². The Morgan fingerprint density at radius 3 is 2.50 bits per heavy atom. The van der Waals surface area contributed by atoms with Crippen LogP contribution in [-0.2, 0) is 10.0 Å². The lowest BCUT2D eigenvalue weighted by molar-refractivity contribution is 0.102. The number of sulfonamides is 1. The van der Waals surface area contributed by atoms with Gasteiger partial charge in [-0.15, -0.1) is 0 Å². The molecule has 7 heteroatoms. The second-order valence-electron chi connectivity index (χ2n) is 6.57. The highest BCUT2D eigenvalue weighted by Crippen LogP contribution is 2.24. The smallest absolute Gasteiger partial charge is 0.258 e. The maximum atomic E-state index is 13.7. The van der Waals surface area contributed by atoms with Crippen molar-refractivity contribution in [2.45, 2.75) is 24.7 Å². The summed E-state index contributed by atoms with van der Waals surface area (Å²) in [5.74, 6) is -0.843. The van der Waals surface area contributed by atoms with Crippen LogP contribution < -0.4 is 5.32 Å². The van der Waals surface area contributed by atoms with Crippen molar-refractivity contribution in [2.24, 2.45) is 5.92 Å². The van der Waals surface area contributed by atoms with Crippen LogP contribution in [0.4, 0.5) is 10.1 Å². The number of benzene rings is 2. The predicted octanol–water partition coefficient (Wildman–Crippen LogP) is 3.50. The van der Waals surface area contributed by atoms with E-state index in [9.17, 15) is 17.6 Å². The number of rotatable bonds is 4. The molecule has 0 spiro atoms. The molecule has 0 aromatic heterocycles. The van der Waals surface area contributed by atoms with Crippen molar-refractivity contribution in [2.75, 3.05) is 18.4 Å². The first-order chi connectivity index (χ1) is 12.4. The highest BCUT2D eigenvalue weighted by molar-refractivity contribution is 7.89. The molecule has 1 amide bonds. The number of carbonyl (C=O) groups excluding carboxylic acids is 1. The molecule has 2 aromatic rings. The number of amides is 1. The minimum absolute atomic E-state index is 0.0634. The van der Waals surface area contributed by atoms with Gasteiger partial charge in [0.2, 0.25) is 10.0 Å². The number of hydrogen-bond acceptors (Lipinski definition) is 3. The maximum absolute atomic E-state index is 13.7. The van der Waals surface area contributed by atoms with Crippen LogP contribution in [0.1, 0.15) is 30.1 Å². The maximum Gasteiger partial charge on any atom is 0.258 e. The topological polar surface area (TPSA) is 66.5 Å². The Labute approximate surface area is 152 Å². The number of anilines is 1. The fraction of sp³-hybridized carbons (Fsp3) is 0.316. The predicted molar refractivity (Wildman–Crippen MR) is 98.0 cm³/mol. The van der Waals surface area contributed by atoms with Crippen molar-refractivity contribution in [3.63, 3.8) is 0 Å². The van der Waals surface area contributed by atoms with Gasteiger partial charge in [-0.25, -0.2) is 12.8 Å². The molecule has 3 rings (SSSR count). The molecule has 1 heterocycles. The first-order valence-corrected chi connectivity index (χ1v) is 9.98. The third kappa shape index (κ3) is 3.94. The van der Waals surface area contributed by atoms with Crippen molar-refractivity contribution in [3.05, 3.63) is 59.9 Å². The largest absolute Gasteiger partial charge is 0.322 e. The van der Waals surface area contributed by atoms with Gasteiger partial charge in [0.05, 0.1) is 10.5 Å². The van der Waals surface area contributed by atoms with E-state index in [-0.39, 0.29) is 10.5 Å². The molecule has 1 aliphatic rings. The number of piperidine rings is 1. The van der Waals surface area contributed by atoms with Gasteiger partial charge >= 0.3 is 0 Å². The average Bonchev–Trinajstić information content (AvgIpc) is 2.62. The summed E-state index contributed by atoms with van der Waals surface area (Å²) >= 11 is 0. The quantitative estimate of drug-likeness (QED) is 0.888. The Hall–Kier alpha value is -2.25. The van der Waals surface area contributed by atoms with Crippen molar-refractivity contribution in [3.8, 4) is 0 Å². The number of carbonyl (C=O) groups is 1. The zero-order valence-electron chi connectivity index (χ0n) is 14.5. The lowest BCUT2D eigenvalue weighted by Gasteiger charge is -2.30. The van der Waals surface area contributed by atoms with Gasteiger partial charge in [0.25, 0.3) is 5.91 Å². The zero-order valence-corrected chi connectivity index (χ0v) is 15.3. The van der Waals surface area contributed by atoms with E-state index >= 15 is 0 Å². The van der Waals surface area contributed by atoms with Crippen LogP contribution in [0, 0.1) is 11.7 Å². The minimum atomic E-state index is -3.54. The van der Waals surface area contributed by atoms with Gasteiger partial charge in [-0.3, -0.25) is 4.79 Å². The molecule has 0 unspecified atom stereocenters. The molecule has 0 aliphatic carbocycles. The molecule has 1 fully saturated rings. The Balaban J connectivity index is 1.74. The van der Waals surface area contributed by atoms with Crippen LogP contribution in [0.2, 0.25) is 0 Å². The summed E-state index contributed by atoms with van der Waals surface area (Å²) < 4.78 is 40.6. The molecule has 1 saturated heterocycles. The third-order valence-electron chi connectivity index (χ3n) is 4.49. The van der Waals surface area contributed by atoms with Gasteiger partial charge in [0.1, 0.15) is 5.82 Å². The van der Waals surface area contributed by atoms with Crippen molar-refractivity contribution >= 4 is 21.6 Å². The van der Waals surface area contributed by atoms with E-state index in [0.29, 0.717) is 24.7 Å².